The molecule has 2 unspecified atom stereocenters. The maximum absolute atomic E-state index is 11.8. The van der Waals surface area contributed by atoms with E-state index in [-0.39, 0.29) is 5.91 Å². The number of hydrogen-bond acceptors (Lipinski definition) is 2. The van der Waals surface area contributed by atoms with E-state index < -0.39 is 0 Å². The van der Waals surface area contributed by atoms with Gasteiger partial charge in [0, 0.05) is 10.9 Å². The number of thiol groups is 1. The second-order valence-corrected chi connectivity index (χ2v) is 5.32. The summed E-state index contributed by atoms with van der Waals surface area (Å²) in [6.45, 7) is 2.19. The van der Waals surface area contributed by atoms with Gasteiger partial charge >= 0.3 is 0 Å². The summed E-state index contributed by atoms with van der Waals surface area (Å²) in [7, 11) is 0. The smallest absolute Gasteiger partial charge is 0.224 e. The Kier molecular flexibility index (Phi) is 4.11. The summed E-state index contributed by atoms with van der Waals surface area (Å²) in [5.41, 5.74) is 1.05. The van der Waals surface area contributed by atoms with Crippen molar-refractivity contribution in [3.8, 4) is 0 Å². The summed E-state index contributed by atoms with van der Waals surface area (Å²) < 4.78 is 0. The average Bonchev–Trinajstić information content (AvgIpc) is 3.00. The van der Waals surface area contributed by atoms with E-state index in [1.54, 1.807) is 0 Å². The van der Waals surface area contributed by atoms with Crippen molar-refractivity contribution in [3.05, 3.63) is 29.8 Å². The average molecular weight is 249 g/mol. The van der Waals surface area contributed by atoms with Crippen LogP contribution >= 0.6 is 12.6 Å². The zero-order chi connectivity index (χ0) is 12.3. The fraction of sp³-hybridized carbons (Fsp3) is 0.500. The van der Waals surface area contributed by atoms with Crippen molar-refractivity contribution in [1.82, 2.24) is 5.32 Å². The lowest BCUT2D eigenvalue weighted by Crippen LogP contribution is -2.28. The molecule has 0 radical (unpaired) electrons. The van der Waals surface area contributed by atoms with Crippen LogP contribution < -0.4 is 5.32 Å². The van der Waals surface area contributed by atoms with Gasteiger partial charge in [-0.05, 0) is 36.5 Å². The largest absolute Gasteiger partial charge is 0.353 e. The Labute approximate surface area is 108 Å². The molecule has 0 aromatic heterocycles. The van der Waals surface area contributed by atoms with Crippen LogP contribution in [0.4, 0.5) is 0 Å². The molecule has 1 aromatic carbocycles. The molecular formula is C14H19NOS. The first-order valence-electron chi connectivity index (χ1n) is 6.26. The zero-order valence-corrected chi connectivity index (χ0v) is 11.0. The lowest BCUT2D eigenvalue weighted by molar-refractivity contribution is -0.120. The predicted octanol–water partition coefficient (Wildman–Crippen LogP) is 2.82. The first-order chi connectivity index (χ1) is 8.19. The van der Waals surface area contributed by atoms with E-state index in [2.05, 4.69) is 24.9 Å². The summed E-state index contributed by atoms with van der Waals surface area (Å²) in [6, 6.07) is 8.19. The molecular weight excluding hydrogens is 230 g/mol. The van der Waals surface area contributed by atoms with Crippen LogP contribution in [0.3, 0.4) is 0 Å². The first kappa shape index (κ1) is 12.5. The summed E-state index contributed by atoms with van der Waals surface area (Å²) in [6.07, 6.45) is 4.08. The van der Waals surface area contributed by atoms with Crippen LogP contribution in [0.5, 0.6) is 0 Å². The van der Waals surface area contributed by atoms with Gasteiger partial charge in [-0.15, -0.1) is 12.6 Å². The topological polar surface area (TPSA) is 29.1 Å². The molecule has 2 rings (SSSR count). The molecule has 0 spiro atoms. The van der Waals surface area contributed by atoms with Gasteiger partial charge < -0.3 is 5.32 Å². The van der Waals surface area contributed by atoms with E-state index in [0.717, 1.165) is 22.8 Å². The van der Waals surface area contributed by atoms with Crippen molar-refractivity contribution >= 4 is 18.5 Å². The van der Waals surface area contributed by atoms with Crippen molar-refractivity contribution in [1.29, 1.82) is 0 Å². The minimum absolute atomic E-state index is 0.139. The number of nitrogens with one attached hydrogen (secondary N) is 1. The lowest BCUT2D eigenvalue weighted by Gasteiger charge is -2.04. The van der Waals surface area contributed by atoms with Crippen molar-refractivity contribution in [3.63, 3.8) is 0 Å². The molecule has 1 N–H and O–H groups in total. The van der Waals surface area contributed by atoms with Gasteiger partial charge in [0.05, 0.1) is 6.42 Å². The maximum atomic E-state index is 11.8. The van der Waals surface area contributed by atoms with E-state index >= 15 is 0 Å². The Bertz CT molecular complexity index is 388. The van der Waals surface area contributed by atoms with Crippen LogP contribution in [0.25, 0.3) is 0 Å². The number of carbonyl (C=O) groups is 1. The van der Waals surface area contributed by atoms with Crippen molar-refractivity contribution in [2.75, 3.05) is 0 Å². The molecule has 2 nitrogen and oxygen atoms in total. The van der Waals surface area contributed by atoms with E-state index in [1.807, 2.05) is 24.3 Å². The second-order valence-electron chi connectivity index (χ2n) is 4.80. The SMILES string of the molecule is CCCC1CC1NC(=O)Cc1ccc(S)cc1. The Morgan fingerprint density at radius 1 is 1.41 bits per heavy atom. The number of hydrogen-bond donors (Lipinski definition) is 2. The Balaban J connectivity index is 1.76. The van der Waals surface area contributed by atoms with Crippen molar-refractivity contribution < 1.29 is 4.79 Å². The highest BCUT2D eigenvalue weighted by Crippen LogP contribution is 2.34. The summed E-state index contributed by atoms with van der Waals surface area (Å²) in [5.74, 6) is 0.865. The quantitative estimate of drug-likeness (QED) is 0.772. The van der Waals surface area contributed by atoms with Gasteiger partial charge in [0.1, 0.15) is 0 Å². The van der Waals surface area contributed by atoms with Gasteiger partial charge in [0.25, 0.3) is 0 Å². The Hall–Kier alpha value is -0.960. The molecule has 1 fully saturated rings. The number of rotatable bonds is 5. The first-order valence-corrected chi connectivity index (χ1v) is 6.71. The fourth-order valence-corrected chi connectivity index (χ4v) is 2.32. The van der Waals surface area contributed by atoms with Gasteiger partial charge in [0.2, 0.25) is 5.91 Å². The van der Waals surface area contributed by atoms with E-state index in [9.17, 15) is 4.79 Å². The van der Waals surface area contributed by atoms with Crippen LogP contribution in [-0.2, 0) is 11.2 Å². The lowest BCUT2D eigenvalue weighted by atomic mass is 10.1. The molecule has 92 valence electrons. The van der Waals surface area contributed by atoms with Crippen LogP contribution in [0.15, 0.2) is 29.2 Å². The summed E-state index contributed by atoms with van der Waals surface area (Å²) in [4.78, 5) is 12.7. The predicted molar refractivity (Wildman–Crippen MR) is 72.3 cm³/mol. The number of carbonyl (C=O) groups excluding carboxylic acids is 1. The van der Waals surface area contributed by atoms with Gasteiger partial charge in [-0.2, -0.15) is 0 Å². The second kappa shape index (κ2) is 5.58. The molecule has 3 heteroatoms. The van der Waals surface area contributed by atoms with Gasteiger partial charge in [-0.25, -0.2) is 0 Å². The fourth-order valence-electron chi connectivity index (χ4n) is 2.17. The summed E-state index contributed by atoms with van der Waals surface area (Å²) >= 11 is 4.22. The highest BCUT2D eigenvalue weighted by molar-refractivity contribution is 7.80. The molecule has 1 aliphatic carbocycles. The molecule has 0 bridgehead atoms. The maximum Gasteiger partial charge on any atom is 0.224 e. The molecule has 1 aromatic rings. The molecule has 1 aliphatic rings. The molecule has 17 heavy (non-hydrogen) atoms. The minimum Gasteiger partial charge on any atom is -0.353 e. The van der Waals surface area contributed by atoms with Gasteiger partial charge in [-0.3, -0.25) is 4.79 Å². The normalized spacial score (nSPS) is 22.2. The highest BCUT2D eigenvalue weighted by Gasteiger charge is 2.36. The molecule has 0 saturated heterocycles. The monoisotopic (exact) mass is 249 g/mol. The van der Waals surface area contributed by atoms with E-state index in [1.165, 1.54) is 12.8 Å². The Morgan fingerprint density at radius 3 is 2.76 bits per heavy atom. The van der Waals surface area contributed by atoms with Crippen LogP contribution in [0, 0.1) is 5.92 Å². The van der Waals surface area contributed by atoms with Crippen molar-refractivity contribution in [2.24, 2.45) is 5.92 Å². The summed E-state index contributed by atoms with van der Waals surface area (Å²) in [5, 5.41) is 3.09. The third kappa shape index (κ3) is 3.77. The van der Waals surface area contributed by atoms with Crippen LogP contribution in [0.1, 0.15) is 31.7 Å². The molecule has 2 atom stereocenters. The van der Waals surface area contributed by atoms with Crippen LogP contribution in [-0.4, -0.2) is 11.9 Å². The Morgan fingerprint density at radius 2 is 2.12 bits per heavy atom. The molecule has 0 heterocycles. The minimum atomic E-state index is 0.139. The third-order valence-electron chi connectivity index (χ3n) is 3.23. The molecule has 0 aliphatic heterocycles. The number of amides is 1. The van der Waals surface area contributed by atoms with Crippen LogP contribution in [0.2, 0.25) is 0 Å². The third-order valence-corrected chi connectivity index (χ3v) is 3.53. The standard InChI is InChI=1S/C14H19NOS/c1-2-3-11-9-13(11)15-14(16)8-10-4-6-12(17)7-5-10/h4-7,11,13,17H,2-3,8-9H2,1H3,(H,15,16). The highest BCUT2D eigenvalue weighted by atomic mass is 32.1. The van der Waals surface area contributed by atoms with Gasteiger partial charge in [-0.1, -0.05) is 25.5 Å². The number of benzene rings is 1. The van der Waals surface area contributed by atoms with E-state index in [0.29, 0.717) is 12.5 Å². The van der Waals surface area contributed by atoms with Crippen molar-refractivity contribution in [2.45, 2.75) is 43.5 Å². The zero-order valence-electron chi connectivity index (χ0n) is 10.1. The van der Waals surface area contributed by atoms with E-state index in [4.69, 9.17) is 0 Å². The molecule has 1 amide bonds. The van der Waals surface area contributed by atoms with Gasteiger partial charge in [0.15, 0.2) is 0 Å². The molecule has 1 saturated carbocycles.